The van der Waals surface area contributed by atoms with E-state index in [4.69, 9.17) is 11.8 Å². The van der Waals surface area contributed by atoms with E-state index in [1.807, 2.05) is 0 Å². The highest BCUT2D eigenvalue weighted by molar-refractivity contribution is 7.87. The van der Waals surface area contributed by atoms with Gasteiger partial charge in [-0.25, -0.2) is 0 Å². The normalized spacial score (nSPS) is 14.1. The highest BCUT2D eigenvalue weighted by Crippen LogP contribution is 2.23. The number of aryl methyl sites for hydroxylation is 2. The highest BCUT2D eigenvalue weighted by atomic mass is 32.2. The molecular formula is C16H16N6O6S4. The Labute approximate surface area is 189 Å². The third-order valence-corrected chi connectivity index (χ3v) is 8.95. The molecular weight excluding hydrogens is 500 g/mol. The second-order valence-electron chi connectivity index (χ2n) is 6.45. The number of fused-ring (bicyclic) bond motifs is 2. The first-order valence-electron chi connectivity index (χ1n) is 8.61. The Bertz CT molecular complexity index is 1580. The summed E-state index contributed by atoms with van der Waals surface area (Å²) >= 11 is 2.47. The lowest BCUT2D eigenvalue weighted by molar-refractivity contribution is 0.332. The molecule has 0 amide bonds. The van der Waals surface area contributed by atoms with E-state index in [9.17, 15) is 16.8 Å². The summed E-state index contributed by atoms with van der Waals surface area (Å²) in [4.78, 5) is 0.892. The molecule has 0 atom stereocenters. The molecule has 0 saturated heterocycles. The summed E-state index contributed by atoms with van der Waals surface area (Å²) in [6.45, 7) is 0. The van der Waals surface area contributed by atoms with Gasteiger partial charge in [0.25, 0.3) is 0 Å². The molecule has 0 saturated carbocycles. The second kappa shape index (κ2) is 8.16. The van der Waals surface area contributed by atoms with Crippen molar-refractivity contribution in [3.05, 3.63) is 46.0 Å². The number of thiazole rings is 2. The van der Waals surface area contributed by atoms with Crippen LogP contribution in [0.15, 0.2) is 56.4 Å². The van der Waals surface area contributed by atoms with Crippen LogP contribution in [0.2, 0.25) is 0 Å². The fourth-order valence-corrected chi connectivity index (χ4v) is 6.31. The van der Waals surface area contributed by atoms with E-state index in [1.165, 1.54) is 46.9 Å². The van der Waals surface area contributed by atoms with E-state index in [1.54, 1.807) is 35.4 Å². The van der Waals surface area contributed by atoms with Gasteiger partial charge in [-0.15, -0.1) is 10.2 Å². The lowest BCUT2D eigenvalue weighted by Gasteiger charge is -2.00. The number of hydrogen-bond donors (Lipinski definition) is 2. The number of benzene rings is 2. The van der Waals surface area contributed by atoms with Crippen molar-refractivity contribution < 1.29 is 25.4 Å². The van der Waals surface area contributed by atoms with Crippen LogP contribution in [-0.4, -0.2) is 26.0 Å². The van der Waals surface area contributed by atoms with E-state index in [-0.39, 0.29) is 9.79 Å². The number of hydrogen-bond acceptors (Lipinski definition) is 12. The zero-order valence-electron chi connectivity index (χ0n) is 16.5. The molecule has 0 aliphatic heterocycles. The zero-order chi connectivity index (χ0) is 23.3. The van der Waals surface area contributed by atoms with E-state index in [0.29, 0.717) is 19.0 Å². The molecule has 170 valence electrons. The van der Waals surface area contributed by atoms with Gasteiger partial charge in [-0.1, -0.05) is 22.7 Å². The second-order valence-corrected chi connectivity index (χ2v) is 11.6. The van der Waals surface area contributed by atoms with Crippen LogP contribution in [0.5, 0.6) is 0 Å². The summed E-state index contributed by atoms with van der Waals surface area (Å²) in [7, 11) is -4.50. The number of aromatic nitrogens is 2. The molecule has 4 aromatic rings. The molecule has 4 N–H and O–H groups in total. The lowest BCUT2D eigenvalue weighted by atomic mass is 10.3. The largest absolute Gasteiger partial charge is 0.318 e. The Kier molecular flexibility index (Phi) is 5.80. The average Bonchev–Trinajstić information content (AvgIpc) is 3.27. The average molecular weight is 517 g/mol. The minimum absolute atomic E-state index is 0.0686. The van der Waals surface area contributed by atoms with Crippen molar-refractivity contribution in [2.45, 2.75) is 9.79 Å². The first kappa shape index (κ1) is 22.7. The third kappa shape index (κ3) is 3.90. The molecule has 0 bridgehead atoms. The van der Waals surface area contributed by atoms with Gasteiger partial charge in [-0.3, -0.25) is 0 Å². The Morgan fingerprint density at radius 3 is 1.47 bits per heavy atom. The van der Waals surface area contributed by atoms with Gasteiger partial charge in [0.2, 0.25) is 9.60 Å². The summed E-state index contributed by atoms with van der Waals surface area (Å²) in [5, 5.41) is 8.59. The Balaban J connectivity index is 1.84. The fourth-order valence-electron chi connectivity index (χ4n) is 2.93. The van der Waals surface area contributed by atoms with Crippen molar-refractivity contribution in [3.8, 4) is 0 Å². The summed E-state index contributed by atoms with van der Waals surface area (Å²) < 4.78 is 60.3. The number of rotatable bonds is 5. The Hall–Kier alpha value is -2.44. The van der Waals surface area contributed by atoms with Gasteiger partial charge in [0.15, 0.2) is 0 Å². The summed E-state index contributed by atoms with van der Waals surface area (Å²) in [6.07, 6.45) is 0. The molecule has 12 nitrogen and oxygen atoms in total. The van der Waals surface area contributed by atoms with Crippen LogP contribution in [0.25, 0.3) is 20.4 Å². The first-order valence-corrected chi connectivity index (χ1v) is 13.1. The predicted octanol–water partition coefficient (Wildman–Crippen LogP) is 0.368. The molecule has 16 heteroatoms. The van der Waals surface area contributed by atoms with E-state index >= 15 is 0 Å². The summed E-state index contributed by atoms with van der Waals surface area (Å²) in [5.41, 5.74) is 1.49. The minimum atomic E-state index is -4.03. The molecule has 2 aromatic carbocycles. The molecule has 32 heavy (non-hydrogen) atoms. The summed E-state index contributed by atoms with van der Waals surface area (Å²) in [5.74, 6) is 9.69. The van der Waals surface area contributed by atoms with Gasteiger partial charge < -0.3 is 9.13 Å². The highest BCUT2D eigenvalue weighted by Gasteiger charge is 2.17. The van der Waals surface area contributed by atoms with Gasteiger partial charge in [0.05, 0.1) is 30.2 Å². The van der Waals surface area contributed by atoms with Gasteiger partial charge in [-0.05, 0) is 36.4 Å². The van der Waals surface area contributed by atoms with Crippen molar-refractivity contribution in [2.24, 2.45) is 36.1 Å². The molecule has 0 unspecified atom stereocenters. The van der Waals surface area contributed by atoms with Crippen molar-refractivity contribution in [1.82, 2.24) is 9.13 Å². The fraction of sp³-hybridized carbons (Fsp3) is 0.125. The first-order chi connectivity index (χ1) is 15.1. The van der Waals surface area contributed by atoms with Crippen LogP contribution in [-0.2, 0) is 42.9 Å². The Morgan fingerprint density at radius 2 is 1.12 bits per heavy atom. The molecule has 0 radical (unpaired) electrons. The van der Waals surface area contributed by atoms with Crippen molar-refractivity contribution in [1.29, 1.82) is 0 Å². The minimum Gasteiger partial charge on any atom is -0.318 e. The Morgan fingerprint density at radius 1 is 0.750 bits per heavy atom. The monoisotopic (exact) mass is 516 g/mol. The topological polar surface area (TPSA) is 173 Å². The number of nitrogens with zero attached hydrogens (tertiary/aromatic N) is 4. The molecule has 0 aliphatic carbocycles. The lowest BCUT2D eigenvalue weighted by Crippen LogP contribution is -2.13. The van der Waals surface area contributed by atoms with Gasteiger partial charge in [-0.2, -0.15) is 37.2 Å². The maximum absolute atomic E-state index is 11.8. The van der Waals surface area contributed by atoms with Gasteiger partial charge in [0, 0.05) is 14.1 Å². The molecule has 0 aliphatic rings. The maximum atomic E-state index is 11.8. The molecule has 0 fully saturated rings. The zero-order valence-corrected chi connectivity index (χ0v) is 19.8. The maximum Gasteiger partial charge on any atom is 0.312 e. The number of nitrogens with two attached hydrogens (primary N) is 2. The van der Waals surface area contributed by atoms with Crippen LogP contribution in [0, 0.1) is 0 Å². The smallest absolute Gasteiger partial charge is 0.312 e. The van der Waals surface area contributed by atoms with Crippen molar-refractivity contribution >= 4 is 63.3 Å². The molecule has 0 spiro atoms. The quantitative estimate of drug-likeness (QED) is 0.358. The standard InChI is InChI=1S/C16H16N6O6S4/c1-21-11-5-3-9(31(23,24)27-17)7-13(11)29-15(21)19-20-16-22(2)12-6-4-10(8-14(12)30-16)32(25,26)28-18/h3-8H,17-18H2,1-2H3. The van der Waals surface area contributed by atoms with Crippen LogP contribution in [0.1, 0.15) is 0 Å². The van der Waals surface area contributed by atoms with E-state index in [2.05, 4.69) is 18.8 Å². The third-order valence-electron chi connectivity index (χ3n) is 4.61. The SMILES string of the molecule is Cn1c(=NN=c2sc3cc(S(=O)(=O)ON)ccc3n2C)sc2cc(S(=O)(=O)ON)ccc21. The van der Waals surface area contributed by atoms with Crippen molar-refractivity contribution in [3.63, 3.8) is 0 Å². The predicted molar refractivity (Wildman–Crippen MR) is 118 cm³/mol. The van der Waals surface area contributed by atoms with Crippen LogP contribution >= 0.6 is 22.7 Å². The van der Waals surface area contributed by atoms with Crippen molar-refractivity contribution in [2.75, 3.05) is 0 Å². The van der Waals surface area contributed by atoms with Crippen LogP contribution < -0.4 is 21.4 Å². The van der Waals surface area contributed by atoms with Crippen LogP contribution in [0.4, 0.5) is 0 Å². The summed E-state index contributed by atoms with van der Waals surface area (Å²) in [6, 6.07) is 8.92. The van der Waals surface area contributed by atoms with Gasteiger partial charge in [0.1, 0.15) is 0 Å². The van der Waals surface area contributed by atoms with Gasteiger partial charge >= 0.3 is 20.2 Å². The molecule has 4 rings (SSSR count). The molecule has 2 heterocycles. The van der Waals surface area contributed by atoms with E-state index < -0.39 is 20.2 Å². The molecule has 2 aromatic heterocycles. The van der Waals surface area contributed by atoms with Crippen LogP contribution in [0.3, 0.4) is 0 Å². The van der Waals surface area contributed by atoms with E-state index in [0.717, 1.165) is 11.0 Å².